The lowest BCUT2D eigenvalue weighted by Crippen LogP contribution is -2.54. The number of morpholine rings is 1. The van der Waals surface area contributed by atoms with Gasteiger partial charge in [-0.3, -0.25) is 9.59 Å². The van der Waals surface area contributed by atoms with E-state index in [1.54, 1.807) is 21.9 Å². The van der Waals surface area contributed by atoms with E-state index in [4.69, 9.17) is 9.47 Å². The van der Waals surface area contributed by atoms with Crippen molar-refractivity contribution in [3.8, 4) is 5.75 Å². The average Bonchev–Trinajstić information content (AvgIpc) is 2.72. The monoisotopic (exact) mass is 366 g/mol. The summed E-state index contributed by atoms with van der Waals surface area (Å²) in [7, 11) is 0. The minimum absolute atomic E-state index is 0.102. The maximum atomic E-state index is 13.2. The summed E-state index contributed by atoms with van der Waals surface area (Å²) in [6, 6.07) is 14.8. The molecule has 0 spiro atoms. The van der Waals surface area contributed by atoms with Crippen molar-refractivity contribution < 1.29 is 19.1 Å². The normalized spacial score (nSPS) is 19.2. The fourth-order valence-corrected chi connectivity index (χ4v) is 3.48. The van der Waals surface area contributed by atoms with Crippen LogP contribution in [0.5, 0.6) is 5.75 Å². The van der Waals surface area contributed by atoms with Gasteiger partial charge in [0.2, 0.25) is 0 Å². The van der Waals surface area contributed by atoms with Crippen LogP contribution in [-0.4, -0.2) is 55.7 Å². The molecule has 0 bridgehead atoms. The van der Waals surface area contributed by atoms with E-state index in [1.165, 1.54) is 0 Å². The van der Waals surface area contributed by atoms with Crippen LogP contribution in [0.3, 0.4) is 0 Å². The van der Waals surface area contributed by atoms with Crippen molar-refractivity contribution >= 4 is 17.5 Å². The van der Waals surface area contributed by atoms with E-state index in [0.717, 1.165) is 5.56 Å². The molecule has 1 unspecified atom stereocenters. The summed E-state index contributed by atoms with van der Waals surface area (Å²) in [4.78, 5) is 29.5. The van der Waals surface area contributed by atoms with Gasteiger partial charge in [0.05, 0.1) is 25.4 Å². The van der Waals surface area contributed by atoms with Gasteiger partial charge in [-0.1, -0.05) is 29.8 Å². The summed E-state index contributed by atoms with van der Waals surface area (Å²) in [5.41, 5.74) is 2.31. The number of rotatable bonds is 2. The highest BCUT2D eigenvalue weighted by atomic mass is 16.5. The number of para-hydroxylation sites is 2. The highest BCUT2D eigenvalue weighted by molar-refractivity contribution is 6.08. The van der Waals surface area contributed by atoms with Crippen molar-refractivity contribution in [1.29, 1.82) is 0 Å². The third-order valence-electron chi connectivity index (χ3n) is 4.88. The number of hydrogen-bond donors (Lipinski definition) is 0. The fourth-order valence-electron chi connectivity index (χ4n) is 3.48. The maximum absolute atomic E-state index is 13.2. The molecule has 0 N–H and O–H groups in total. The Morgan fingerprint density at radius 2 is 1.81 bits per heavy atom. The molecule has 4 rings (SSSR count). The summed E-state index contributed by atoms with van der Waals surface area (Å²) in [6.07, 6.45) is -0.716. The Morgan fingerprint density at radius 1 is 1.04 bits per heavy atom. The molecule has 6 nitrogen and oxygen atoms in total. The van der Waals surface area contributed by atoms with E-state index in [0.29, 0.717) is 43.3 Å². The molecule has 0 radical (unpaired) electrons. The third-order valence-corrected chi connectivity index (χ3v) is 4.88. The Balaban J connectivity index is 1.64. The zero-order valence-electron chi connectivity index (χ0n) is 15.3. The van der Waals surface area contributed by atoms with E-state index < -0.39 is 6.10 Å². The zero-order valence-corrected chi connectivity index (χ0v) is 15.3. The van der Waals surface area contributed by atoms with E-state index in [9.17, 15) is 9.59 Å². The second-order valence-corrected chi connectivity index (χ2v) is 6.80. The molecule has 6 heteroatoms. The number of aryl methyl sites for hydroxylation is 1. The Bertz CT molecular complexity index is 861. The van der Waals surface area contributed by atoms with E-state index >= 15 is 0 Å². The third kappa shape index (κ3) is 3.53. The number of anilines is 1. The van der Waals surface area contributed by atoms with Crippen molar-refractivity contribution in [3.63, 3.8) is 0 Å². The highest BCUT2D eigenvalue weighted by Crippen LogP contribution is 2.34. The van der Waals surface area contributed by atoms with Gasteiger partial charge in [-0.15, -0.1) is 0 Å². The van der Waals surface area contributed by atoms with E-state index in [-0.39, 0.29) is 18.4 Å². The minimum atomic E-state index is -0.716. The summed E-state index contributed by atoms with van der Waals surface area (Å²) in [5, 5.41) is 0. The molecular formula is C21H22N2O4. The standard InChI is InChI=1S/C21H22N2O4/c1-15-5-4-6-16(13-15)20(24)23-14-19(21(25)22-9-11-26-12-10-22)27-18-8-3-2-7-17(18)23/h2-8,13,19H,9-12,14H2,1H3. The molecule has 1 atom stereocenters. The lowest BCUT2D eigenvalue weighted by atomic mass is 10.1. The molecule has 2 aliphatic heterocycles. The Morgan fingerprint density at radius 3 is 2.59 bits per heavy atom. The van der Waals surface area contributed by atoms with Gasteiger partial charge in [-0.25, -0.2) is 0 Å². The van der Waals surface area contributed by atoms with Crippen LogP contribution in [-0.2, 0) is 9.53 Å². The second kappa shape index (κ2) is 7.40. The van der Waals surface area contributed by atoms with Gasteiger partial charge in [0.15, 0.2) is 6.10 Å². The van der Waals surface area contributed by atoms with Crippen LogP contribution in [0.15, 0.2) is 48.5 Å². The summed E-state index contributed by atoms with van der Waals surface area (Å²) >= 11 is 0. The first-order chi connectivity index (χ1) is 13.1. The molecule has 2 aromatic rings. The van der Waals surface area contributed by atoms with Crippen LogP contribution < -0.4 is 9.64 Å². The molecule has 2 aliphatic rings. The first kappa shape index (κ1) is 17.5. The minimum Gasteiger partial charge on any atom is -0.476 e. The van der Waals surface area contributed by atoms with Crippen molar-refractivity contribution in [2.45, 2.75) is 13.0 Å². The number of hydrogen-bond acceptors (Lipinski definition) is 4. The van der Waals surface area contributed by atoms with Crippen LogP contribution in [0, 0.1) is 6.92 Å². The molecule has 27 heavy (non-hydrogen) atoms. The first-order valence-electron chi connectivity index (χ1n) is 9.14. The fraction of sp³-hybridized carbons (Fsp3) is 0.333. The van der Waals surface area contributed by atoms with Crippen molar-refractivity contribution in [1.82, 2.24) is 4.90 Å². The van der Waals surface area contributed by atoms with Crippen LogP contribution in [0.4, 0.5) is 5.69 Å². The average molecular weight is 366 g/mol. The predicted molar refractivity (Wildman–Crippen MR) is 101 cm³/mol. The molecule has 1 saturated heterocycles. The van der Waals surface area contributed by atoms with Crippen molar-refractivity contribution in [3.05, 3.63) is 59.7 Å². The van der Waals surface area contributed by atoms with Gasteiger partial charge >= 0.3 is 0 Å². The van der Waals surface area contributed by atoms with E-state index in [2.05, 4.69) is 0 Å². The largest absolute Gasteiger partial charge is 0.476 e. The number of benzene rings is 2. The number of ether oxygens (including phenoxy) is 2. The van der Waals surface area contributed by atoms with E-state index in [1.807, 2.05) is 43.3 Å². The Kier molecular flexibility index (Phi) is 4.81. The lowest BCUT2D eigenvalue weighted by Gasteiger charge is -2.37. The van der Waals surface area contributed by atoms with Gasteiger partial charge in [0.25, 0.3) is 11.8 Å². The van der Waals surface area contributed by atoms with Crippen LogP contribution in [0.25, 0.3) is 0 Å². The van der Waals surface area contributed by atoms with Gasteiger partial charge in [0, 0.05) is 18.7 Å². The molecule has 0 aliphatic carbocycles. The molecule has 1 fully saturated rings. The zero-order chi connectivity index (χ0) is 18.8. The predicted octanol–water partition coefficient (Wildman–Crippen LogP) is 2.26. The van der Waals surface area contributed by atoms with Gasteiger partial charge in [0.1, 0.15) is 5.75 Å². The van der Waals surface area contributed by atoms with Crippen LogP contribution in [0.1, 0.15) is 15.9 Å². The number of nitrogens with zero attached hydrogens (tertiary/aromatic N) is 2. The number of carbonyl (C=O) groups excluding carboxylic acids is 2. The van der Waals surface area contributed by atoms with Crippen LogP contribution >= 0.6 is 0 Å². The second-order valence-electron chi connectivity index (χ2n) is 6.80. The lowest BCUT2D eigenvalue weighted by molar-refractivity contribution is -0.142. The summed E-state index contributed by atoms with van der Waals surface area (Å²) < 4.78 is 11.3. The van der Waals surface area contributed by atoms with Gasteiger partial charge in [-0.2, -0.15) is 0 Å². The van der Waals surface area contributed by atoms with Crippen LogP contribution in [0.2, 0.25) is 0 Å². The molecule has 140 valence electrons. The molecule has 0 saturated carbocycles. The smallest absolute Gasteiger partial charge is 0.265 e. The SMILES string of the molecule is Cc1cccc(C(=O)N2CC(C(=O)N3CCOCC3)Oc3ccccc32)c1. The maximum Gasteiger partial charge on any atom is 0.265 e. The summed E-state index contributed by atoms with van der Waals surface area (Å²) in [5.74, 6) is 0.320. The highest BCUT2D eigenvalue weighted by Gasteiger charge is 2.36. The number of fused-ring (bicyclic) bond motifs is 1. The van der Waals surface area contributed by atoms with Crippen molar-refractivity contribution in [2.75, 3.05) is 37.7 Å². The molecule has 2 aromatic carbocycles. The Hall–Kier alpha value is -2.86. The first-order valence-corrected chi connectivity index (χ1v) is 9.14. The summed E-state index contributed by atoms with van der Waals surface area (Å²) in [6.45, 7) is 4.30. The number of amides is 2. The Labute approximate surface area is 158 Å². The number of carbonyl (C=O) groups is 2. The molecular weight excluding hydrogens is 344 g/mol. The quantitative estimate of drug-likeness (QED) is 0.818. The molecule has 2 heterocycles. The topological polar surface area (TPSA) is 59.1 Å². The van der Waals surface area contributed by atoms with Crippen molar-refractivity contribution in [2.24, 2.45) is 0 Å². The molecule has 0 aromatic heterocycles. The van der Waals surface area contributed by atoms with Gasteiger partial charge in [-0.05, 0) is 31.2 Å². The molecule has 2 amide bonds. The van der Waals surface area contributed by atoms with Gasteiger partial charge < -0.3 is 19.3 Å².